The number of methoxy groups -OCH3 is 1. The summed E-state index contributed by atoms with van der Waals surface area (Å²) in [6, 6.07) is 6.01. The van der Waals surface area contributed by atoms with Gasteiger partial charge in [-0.3, -0.25) is 4.79 Å². The number of carbonyl (C=O) groups excluding carboxylic acids is 1. The van der Waals surface area contributed by atoms with E-state index in [0.717, 1.165) is 16.6 Å². The number of carbonyl (C=O) groups is 1. The molecule has 2 atom stereocenters. The summed E-state index contributed by atoms with van der Waals surface area (Å²) in [5.41, 5.74) is 1.17. The van der Waals surface area contributed by atoms with E-state index in [1.165, 1.54) is 5.56 Å². The van der Waals surface area contributed by atoms with Gasteiger partial charge in [0, 0.05) is 16.1 Å². The Labute approximate surface area is 114 Å². The summed E-state index contributed by atoms with van der Waals surface area (Å²) < 4.78 is 6.40. The fourth-order valence-corrected chi connectivity index (χ4v) is 3.85. The number of benzene rings is 1. The first-order chi connectivity index (χ1) is 8.10. The Hall–Kier alpha value is -0.480. The van der Waals surface area contributed by atoms with E-state index in [1.54, 1.807) is 18.9 Å². The summed E-state index contributed by atoms with van der Waals surface area (Å²) in [6.07, 6.45) is 1.57. The topological polar surface area (TPSA) is 26.3 Å². The maximum absolute atomic E-state index is 11.5. The summed E-state index contributed by atoms with van der Waals surface area (Å²) in [4.78, 5) is 11.5. The standard InChI is InChI=1S/C13H15BrO2S/c1-8-12(15)7-11(17-8)6-9-5-10(14)3-4-13(9)16-2/h3-5,8,11H,6-7H2,1-2H3. The fourth-order valence-electron chi connectivity index (χ4n) is 2.08. The predicted molar refractivity (Wildman–Crippen MR) is 74.9 cm³/mol. The Bertz CT molecular complexity index is 433. The van der Waals surface area contributed by atoms with E-state index in [0.29, 0.717) is 17.5 Å². The summed E-state index contributed by atoms with van der Waals surface area (Å²) in [5.74, 6) is 1.27. The molecule has 92 valence electrons. The molecule has 2 unspecified atom stereocenters. The third-order valence-corrected chi connectivity index (χ3v) is 4.85. The van der Waals surface area contributed by atoms with E-state index < -0.39 is 0 Å². The molecule has 1 aromatic rings. The maximum atomic E-state index is 11.5. The molecular weight excluding hydrogens is 300 g/mol. The molecule has 1 aromatic carbocycles. The summed E-state index contributed by atoms with van der Waals surface area (Å²) in [6.45, 7) is 1.99. The molecule has 0 amide bonds. The van der Waals surface area contributed by atoms with Crippen molar-refractivity contribution in [2.45, 2.75) is 30.3 Å². The first kappa shape index (κ1) is 13.0. The molecule has 1 heterocycles. The molecule has 1 aliphatic heterocycles. The second kappa shape index (κ2) is 5.44. The van der Waals surface area contributed by atoms with Gasteiger partial charge in [-0.15, -0.1) is 11.8 Å². The molecule has 0 N–H and O–H groups in total. The van der Waals surface area contributed by atoms with Crippen LogP contribution in [0.1, 0.15) is 18.9 Å². The Morgan fingerprint density at radius 1 is 1.53 bits per heavy atom. The Balaban J connectivity index is 2.13. The average Bonchev–Trinajstić information content (AvgIpc) is 2.58. The number of hydrogen-bond donors (Lipinski definition) is 0. The minimum atomic E-state index is 0.151. The first-order valence-electron chi connectivity index (χ1n) is 5.60. The van der Waals surface area contributed by atoms with Crippen LogP contribution in [0.2, 0.25) is 0 Å². The lowest BCUT2D eigenvalue weighted by atomic mass is 10.0. The average molecular weight is 315 g/mol. The molecule has 0 saturated carbocycles. The number of halogens is 1. The third-order valence-electron chi connectivity index (χ3n) is 2.97. The van der Waals surface area contributed by atoms with E-state index in [9.17, 15) is 4.79 Å². The normalized spacial score (nSPS) is 24.1. The van der Waals surface area contributed by atoms with Crippen LogP contribution in [0.4, 0.5) is 0 Å². The summed E-state index contributed by atoms with van der Waals surface area (Å²) >= 11 is 5.24. The van der Waals surface area contributed by atoms with Crippen molar-refractivity contribution in [1.82, 2.24) is 0 Å². The van der Waals surface area contributed by atoms with Crippen LogP contribution in [0.5, 0.6) is 5.75 Å². The van der Waals surface area contributed by atoms with Crippen LogP contribution in [0.25, 0.3) is 0 Å². The summed E-state index contributed by atoms with van der Waals surface area (Å²) in [7, 11) is 1.68. The third kappa shape index (κ3) is 3.05. The molecule has 17 heavy (non-hydrogen) atoms. The largest absolute Gasteiger partial charge is 0.496 e. The van der Waals surface area contributed by atoms with Crippen molar-refractivity contribution in [3.63, 3.8) is 0 Å². The van der Waals surface area contributed by atoms with Gasteiger partial charge in [0.2, 0.25) is 0 Å². The highest BCUT2D eigenvalue weighted by atomic mass is 79.9. The minimum absolute atomic E-state index is 0.151. The van der Waals surface area contributed by atoms with Gasteiger partial charge in [0.1, 0.15) is 11.5 Å². The zero-order chi connectivity index (χ0) is 12.4. The van der Waals surface area contributed by atoms with E-state index in [1.807, 2.05) is 19.1 Å². The maximum Gasteiger partial charge on any atom is 0.146 e. The van der Waals surface area contributed by atoms with Crippen molar-refractivity contribution in [3.8, 4) is 5.75 Å². The highest BCUT2D eigenvalue weighted by Crippen LogP contribution is 2.35. The number of thioether (sulfide) groups is 1. The van der Waals surface area contributed by atoms with Crippen LogP contribution >= 0.6 is 27.7 Å². The van der Waals surface area contributed by atoms with Crippen molar-refractivity contribution in [1.29, 1.82) is 0 Å². The predicted octanol–water partition coefficient (Wildman–Crippen LogP) is 3.46. The second-order valence-electron chi connectivity index (χ2n) is 4.23. The van der Waals surface area contributed by atoms with E-state index >= 15 is 0 Å². The van der Waals surface area contributed by atoms with Gasteiger partial charge in [0.15, 0.2) is 0 Å². The Morgan fingerprint density at radius 3 is 2.88 bits per heavy atom. The molecule has 0 radical (unpaired) electrons. The Kier molecular flexibility index (Phi) is 4.15. The van der Waals surface area contributed by atoms with Crippen LogP contribution in [0.3, 0.4) is 0 Å². The molecule has 0 bridgehead atoms. The van der Waals surface area contributed by atoms with Crippen molar-refractivity contribution < 1.29 is 9.53 Å². The molecule has 0 aromatic heterocycles. The fraction of sp³-hybridized carbons (Fsp3) is 0.462. The first-order valence-corrected chi connectivity index (χ1v) is 7.34. The molecular formula is C13H15BrO2S. The SMILES string of the molecule is COc1ccc(Br)cc1CC1CC(=O)C(C)S1. The smallest absolute Gasteiger partial charge is 0.146 e. The van der Waals surface area contributed by atoms with E-state index in [2.05, 4.69) is 22.0 Å². The number of hydrogen-bond acceptors (Lipinski definition) is 3. The molecule has 2 rings (SSSR count). The zero-order valence-corrected chi connectivity index (χ0v) is 12.3. The van der Waals surface area contributed by atoms with Gasteiger partial charge in [0.25, 0.3) is 0 Å². The molecule has 1 aliphatic rings. The van der Waals surface area contributed by atoms with Gasteiger partial charge in [0.05, 0.1) is 12.4 Å². The molecule has 1 fully saturated rings. The lowest BCUT2D eigenvalue weighted by Crippen LogP contribution is -2.06. The van der Waals surface area contributed by atoms with Gasteiger partial charge < -0.3 is 4.74 Å². The van der Waals surface area contributed by atoms with Gasteiger partial charge in [-0.1, -0.05) is 15.9 Å². The van der Waals surface area contributed by atoms with Crippen LogP contribution in [-0.2, 0) is 11.2 Å². The van der Waals surface area contributed by atoms with E-state index in [-0.39, 0.29) is 5.25 Å². The number of rotatable bonds is 3. The number of Topliss-reactive ketones (excluding diaryl/α,β-unsaturated/α-hetero) is 1. The molecule has 2 nitrogen and oxygen atoms in total. The Morgan fingerprint density at radius 2 is 2.29 bits per heavy atom. The quantitative estimate of drug-likeness (QED) is 0.854. The molecule has 0 spiro atoms. The molecule has 0 aliphatic carbocycles. The van der Waals surface area contributed by atoms with Crippen molar-refractivity contribution in [2.24, 2.45) is 0 Å². The monoisotopic (exact) mass is 314 g/mol. The van der Waals surface area contributed by atoms with Crippen LogP contribution < -0.4 is 4.74 Å². The zero-order valence-electron chi connectivity index (χ0n) is 9.90. The van der Waals surface area contributed by atoms with Crippen LogP contribution in [0.15, 0.2) is 22.7 Å². The van der Waals surface area contributed by atoms with Gasteiger partial charge >= 0.3 is 0 Å². The minimum Gasteiger partial charge on any atom is -0.496 e. The molecule has 1 saturated heterocycles. The van der Waals surface area contributed by atoms with Gasteiger partial charge in [-0.05, 0) is 37.1 Å². The van der Waals surface area contributed by atoms with Crippen LogP contribution in [-0.4, -0.2) is 23.4 Å². The molecule has 4 heteroatoms. The van der Waals surface area contributed by atoms with Crippen LogP contribution in [0, 0.1) is 0 Å². The highest BCUT2D eigenvalue weighted by molar-refractivity contribution is 9.10. The highest BCUT2D eigenvalue weighted by Gasteiger charge is 2.30. The van der Waals surface area contributed by atoms with Crippen molar-refractivity contribution in [2.75, 3.05) is 7.11 Å². The van der Waals surface area contributed by atoms with Gasteiger partial charge in [-0.2, -0.15) is 0 Å². The summed E-state index contributed by atoms with van der Waals surface area (Å²) in [5, 5.41) is 0.541. The van der Waals surface area contributed by atoms with Crippen molar-refractivity contribution in [3.05, 3.63) is 28.2 Å². The number of ether oxygens (including phenoxy) is 1. The van der Waals surface area contributed by atoms with E-state index in [4.69, 9.17) is 4.74 Å². The second-order valence-corrected chi connectivity index (χ2v) is 6.79. The lowest BCUT2D eigenvalue weighted by Gasteiger charge is -2.12. The van der Waals surface area contributed by atoms with Crippen molar-refractivity contribution >= 4 is 33.5 Å². The lowest BCUT2D eigenvalue weighted by molar-refractivity contribution is -0.117. The van der Waals surface area contributed by atoms with Gasteiger partial charge in [-0.25, -0.2) is 0 Å². The number of ketones is 1.